The Kier molecular flexibility index (Phi) is 3.39. The fraction of sp³-hybridized carbons (Fsp3) is 0.933. The Balaban J connectivity index is 1.45. The molecule has 3 saturated carbocycles. The third-order valence-corrected chi connectivity index (χ3v) is 5.07. The van der Waals surface area contributed by atoms with E-state index >= 15 is 0 Å². The molecule has 0 bridgehead atoms. The summed E-state index contributed by atoms with van der Waals surface area (Å²) in [4.78, 5) is 12.2. The average Bonchev–Trinajstić information content (AvgIpc) is 2.89. The quantitative estimate of drug-likeness (QED) is 0.782. The first-order valence-corrected chi connectivity index (χ1v) is 7.63. The SMILES string of the molecule is O=C(NC1CCCCCCC1)C1CC2CC2C1. The van der Waals surface area contributed by atoms with Crippen LogP contribution in [0.4, 0.5) is 0 Å². The third kappa shape index (κ3) is 2.83. The second-order valence-corrected chi connectivity index (χ2v) is 6.47. The molecule has 0 heterocycles. The maximum atomic E-state index is 12.2. The Morgan fingerprint density at radius 1 is 0.824 bits per heavy atom. The summed E-state index contributed by atoms with van der Waals surface area (Å²) in [6.07, 6.45) is 12.9. The van der Waals surface area contributed by atoms with E-state index < -0.39 is 0 Å². The van der Waals surface area contributed by atoms with Gasteiger partial charge in [0.15, 0.2) is 0 Å². The summed E-state index contributed by atoms with van der Waals surface area (Å²) in [6, 6.07) is 0.486. The lowest BCUT2D eigenvalue weighted by atomic mass is 9.95. The first-order valence-electron chi connectivity index (χ1n) is 7.63. The van der Waals surface area contributed by atoms with E-state index in [0.717, 1.165) is 11.8 Å². The zero-order chi connectivity index (χ0) is 11.7. The van der Waals surface area contributed by atoms with Crippen molar-refractivity contribution in [3.8, 4) is 0 Å². The van der Waals surface area contributed by atoms with Gasteiger partial charge in [0, 0.05) is 12.0 Å². The lowest BCUT2D eigenvalue weighted by Crippen LogP contribution is -2.38. The lowest BCUT2D eigenvalue weighted by molar-refractivity contribution is -0.126. The number of hydrogen-bond donors (Lipinski definition) is 1. The molecule has 2 atom stereocenters. The molecule has 17 heavy (non-hydrogen) atoms. The van der Waals surface area contributed by atoms with Crippen LogP contribution in [0.1, 0.15) is 64.2 Å². The van der Waals surface area contributed by atoms with E-state index in [2.05, 4.69) is 5.32 Å². The van der Waals surface area contributed by atoms with Gasteiger partial charge in [-0.1, -0.05) is 32.1 Å². The zero-order valence-corrected chi connectivity index (χ0v) is 10.8. The molecule has 3 aliphatic rings. The van der Waals surface area contributed by atoms with Crippen LogP contribution in [0.5, 0.6) is 0 Å². The standard InChI is InChI=1S/C15H25NO/c17-15(13-9-11-8-12(11)10-13)16-14-6-4-2-1-3-5-7-14/h11-14H,1-10H2,(H,16,17). The smallest absolute Gasteiger partial charge is 0.223 e. The normalized spacial score (nSPS) is 38.0. The molecule has 3 fully saturated rings. The van der Waals surface area contributed by atoms with E-state index in [4.69, 9.17) is 0 Å². The van der Waals surface area contributed by atoms with Crippen molar-refractivity contribution in [3.05, 3.63) is 0 Å². The molecule has 2 nitrogen and oxygen atoms in total. The van der Waals surface area contributed by atoms with Crippen molar-refractivity contribution >= 4 is 5.91 Å². The van der Waals surface area contributed by atoms with Gasteiger partial charge in [0.05, 0.1) is 0 Å². The van der Waals surface area contributed by atoms with Crippen LogP contribution in [0, 0.1) is 17.8 Å². The van der Waals surface area contributed by atoms with E-state index in [-0.39, 0.29) is 0 Å². The van der Waals surface area contributed by atoms with Crippen LogP contribution in [-0.4, -0.2) is 11.9 Å². The maximum absolute atomic E-state index is 12.2. The van der Waals surface area contributed by atoms with Crippen LogP contribution in [0.2, 0.25) is 0 Å². The zero-order valence-electron chi connectivity index (χ0n) is 10.8. The summed E-state index contributed by atoms with van der Waals surface area (Å²) in [5, 5.41) is 3.33. The highest BCUT2D eigenvalue weighted by atomic mass is 16.1. The van der Waals surface area contributed by atoms with Crippen molar-refractivity contribution in [2.45, 2.75) is 70.3 Å². The largest absolute Gasteiger partial charge is 0.353 e. The van der Waals surface area contributed by atoms with Gasteiger partial charge in [-0.3, -0.25) is 4.79 Å². The minimum Gasteiger partial charge on any atom is -0.353 e. The molecule has 0 aromatic carbocycles. The summed E-state index contributed by atoms with van der Waals surface area (Å²) in [5.74, 6) is 2.58. The van der Waals surface area contributed by atoms with Gasteiger partial charge in [-0.2, -0.15) is 0 Å². The minimum absolute atomic E-state index is 0.365. The topological polar surface area (TPSA) is 29.1 Å². The van der Waals surface area contributed by atoms with Crippen LogP contribution >= 0.6 is 0 Å². The minimum atomic E-state index is 0.365. The van der Waals surface area contributed by atoms with Crippen LogP contribution in [0.3, 0.4) is 0 Å². The maximum Gasteiger partial charge on any atom is 0.223 e. The summed E-state index contributed by atoms with van der Waals surface area (Å²) < 4.78 is 0. The molecule has 0 aliphatic heterocycles. The van der Waals surface area contributed by atoms with Crippen molar-refractivity contribution in [3.63, 3.8) is 0 Å². The molecule has 96 valence electrons. The predicted molar refractivity (Wildman–Crippen MR) is 68.6 cm³/mol. The Morgan fingerprint density at radius 2 is 1.41 bits per heavy atom. The van der Waals surface area contributed by atoms with Crippen molar-refractivity contribution in [1.82, 2.24) is 5.32 Å². The van der Waals surface area contributed by atoms with Crippen molar-refractivity contribution in [2.24, 2.45) is 17.8 Å². The Hall–Kier alpha value is -0.530. The van der Waals surface area contributed by atoms with Crippen LogP contribution in [-0.2, 0) is 4.79 Å². The van der Waals surface area contributed by atoms with E-state index in [1.807, 2.05) is 0 Å². The second kappa shape index (κ2) is 4.99. The molecule has 1 amide bonds. The van der Waals surface area contributed by atoms with Crippen molar-refractivity contribution in [2.75, 3.05) is 0 Å². The van der Waals surface area contributed by atoms with Crippen molar-refractivity contribution < 1.29 is 4.79 Å². The fourth-order valence-corrected chi connectivity index (χ4v) is 3.85. The molecule has 0 aromatic rings. The number of hydrogen-bond acceptors (Lipinski definition) is 1. The summed E-state index contributed by atoms with van der Waals surface area (Å²) in [6.45, 7) is 0. The van der Waals surface area contributed by atoms with E-state index in [9.17, 15) is 4.79 Å². The molecule has 0 saturated heterocycles. The summed E-state index contributed by atoms with van der Waals surface area (Å²) in [7, 11) is 0. The first-order chi connectivity index (χ1) is 8.33. The number of amides is 1. The number of carbonyl (C=O) groups is 1. The number of nitrogens with one attached hydrogen (secondary N) is 1. The molecule has 3 rings (SSSR count). The molecule has 2 heteroatoms. The summed E-state index contributed by atoms with van der Waals surface area (Å²) >= 11 is 0. The molecular formula is C15H25NO. The van der Waals surface area contributed by atoms with E-state index in [1.54, 1.807) is 0 Å². The third-order valence-electron chi connectivity index (χ3n) is 5.07. The van der Waals surface area contributed by atoms with Crippen LogP contribution in [0.25, 0.3) is 0 Å². The molecule has 2 unspecified atom stereocenters. The molecule has 0 aromatic heterocycles. The predicted octanol–water partition coefficient (Wildman–Crippen LogP) is 3.26. The highest BCUT2D eigenvalue weighted by molar-refractivity contribution is 5.79. The van der Waals surface area contributed by atoms with Gasteiger partial charge in [0.1, 0.15) is 0 Å². The van der Waals surface area contributed by atoms with E-state index in [0.29, 0.717) is 17.9 Å². The second-order valence-electron chi connectivity index (χ2n) is 6.47. The summed E-state index contributed by atoms with van der Waals surface area (Å²) in [5.41, 5.74) is 0. The highest BCUT2D eigenvalue weighted by Crippen LogP contribution is 2.54. The molecule has 0 spiro atoms. The lowest BCUT2D eigenvalue weighted by Gasteiger charge is -2.23. The monoisotopic (exact) mass is 235 g/mol. The molecule has 0 radical (unpaired) electrons. The Labute approximate surface area is 105 Å². The van der Waals surface area contributed by atoms with Crippen molar-refractivity contribution in [1.29, 1.82) is 0 Å². The molecule has 3 aliphatic carbocycles. The number of carbonyl (C=O) groups excluding carboxylic acids is 1. The fourth-order valence-electron chi connectivity index (χ4n) is 3.85. The van der Waals surface area contributed by atoms with Gasteiger partial charge < -0.3 is 5.32 Å². The highest BCUT2D eigenvalue weighted by Gasteiger charge is 2.48. The molecular weight excluding hydrogens is 210 g/mol. The van der Waals surface area contributed by atoms with Crippen LogP contribution in [0.15, 0.2) is 0 Å². The van der Waals surface area contributed by atoms with Gasteiger partial charge in [0.25, 0.3) is 0 Å². The van der Waals surface area contributed by atoms with Gasteiger partial charge in [0.2, 0.25) is 5.91 Å². The Morgan fingerprint density at radius 3 is 2.06 bits per heavy atom. The Bertz CT molecular complexity index is 271. The average molecular weight is 235 g/mol. The number of rotatable bonds is 2. The molecule has 1 N–H and O–H groups in total. The van der Waals surface area contributed by atoms with Gasteiger partial charge in [-0.15, -0.1) is 0 Å². The van der Waals surface area contributed by atoms with Gasteiger partial charge in [-0.05, 0) is 43.9 Å². The first kappa shape index (κ1) is 11.6. The van der Waals surface area contributed by atoms with Gasteiger partial charge >= 0.3 is 0 Å². The number of fused-ring (bicyclic) bond motifs is 1. The van der Waals surface area contributed by atoms with Crippen LogP contribution < -0.4 is 5.32 Å². The van der Waals surface area contributed by atoms with E-state index in [1.165, 1.54) is 64.2 Å². The van der Waals surface area contributed by atoms with Gasteiger partial charge in [-0.25, -0.2) is 0 Å².